The molecule has 1 heterocycles. The fourth-order valence-electron chi connectivity index (χ4n) is 1.76. The van der Waals surface area contributed by atoms with Gasteiger partial charge in [0.2, 0.25) is 5.91 Å². The minimum atomic E-state index is -0.540. The number of nitrogens with one attached hydrogen (secondary N) is 1. The summed E-state index contributed by atoms with van der Waals surface area (Å²) in [6, 6.07) is 10.1. The average Bonchev–Trinajstić information content (AvgIpc) is 2.97. The van der Waals surface area contributed by atoms with Crippen molar-refractivity contribution in [1.82, 2.24) is 0 Å². The van der Waals surface area contributed by atoms with Crippen LogP contribution in [-0.2, 0) is 9.53 Å². The first kappa shape index (κ1) is 16.6. The number of alkyl halides is 1. The first-order valence-corrected chi connectivity index (χ1v) is 8.58. The Kier molecular flexibility index (Phi) is 5.67. The summed E-state index contributed by atoms with van der Waals surface area (Å²) in [5, 5.41) is 3.01. The molecular formula is C15H12INO4S. The summed E-state index contributed by atoms with van der Waals surface area (Å²) in [5.41, 5.74) is 0.775. The minimum Gasteiger partial charge on any atom is -0.465 e. The number of hydrogen-bond acceptors (Lipinski definition) is 5. The molecule has 0 unspecified atom stereocenters. The van der Waals surface area contributed by atoms with Gasteiger partial charge in [-0.15, -0.1) is 11.3 Å². The molecule has 0 radical (unpaired) electrons. The Bertz CT molecular complexity index is 712. The van der Waals surface area contributed by atoms with Gasteiger partial charge >= 0.3 is 5.97 Å². The third kappa shape index (κ3) is 3.72. The van der Waals surface area contributed by atoms with Gasteiger partial charge in [-0.05, 0) is 6.07 Å². The van der Waals surface area contributed by atoms with Crippen molar-refractivity contribution in [2.75, 3.05) is 16.9 Å². The molecule has 0 aliphatic rings. The number of rotatable bonds is 5. The van der Waals surface area contributed by atoms with E-state index in [2.05, 4.69) is 10.1 Å². The second-order valence-corrected chi connectivity index (χ2v) is 6.04. The predicted molar refractivity (Wildman–Crippen MR) is 93.0 cm³/mol. The summed E-state index contributed by atoms with van der Waals surface area (Å²) in [6.45, 7) is 0. The molecule has 0 atom stereocenters. The van der Waals surface area contributed by atoms with Crippen LogP contribution >= 0.6 is 33.9 Å². The molecule has 0 spiro atoms. The third-order valence-electron chi connectivity index (χ3n) is 2.77. The SMILES string of the molecule is COC(=O)c1cc(C(=O)c2ccccc2)c(NC(=O)CI)s1. The van der Waals surface area contributed by atoms with Gasteiger partial charge in [-0.25, -0.2) is 4.79 Å². The summed E-state index contributed by atoms with van der Waals surface area (Å²) in [5.74, 6) is -1.03. The highest BCUT2D eigenvalue weighted by Crippen LogP contribution is 2.30. The van der Waals surface area contributed by atoms with Crippen molar-refractivity contribution >= 4 is 56.6 Å². The lowest BCUT2D eigenvalue weighted by Gasteiger charge is -2.04. The van der Waals surface area contributed by atoms with Gasteiger partial charge < -0.3 is 10.1 Å². The monoisotopic (exact) mass is 429 g/mol. The van der Waals surface area contributed by atoms with E-state index in [0.717, 1.165) is 11.3 Å². The van der Waals surface area contributed by atoms with E-state index in [9.17, 15) is 14.4 Å². The number of anilines is 1. The molecular weight excluding hydrogens is 417 g/mol. The lowest BCUT2D eigenvalue weighted by molar-refractivity contribution is -0.113. The number of thiophene rings is 1. The number of halogens is 1. The molecule has 7 heteroatoms. The van der Waals surface area contributed by atoms with Crippen LogP contribution in [0.25, 0.3) is 0 Å². The maximum atomic E-state index is 12.6. The second kappa shape index (κ2) is 7.50. The van der Waals surface area contributed by atoms with Gasteiger partial charge in [0, 0.05) is 5.56 Å². The summed E-state index contributed by atoms with van der Waals surface area (Å²) >= 11 is 2.95. The molecule has 5 nitrogen and oxygen atoms in total. The van der Waals surface area contributed by atoms with Crippen LogP contribution in [0.1, 0.15) is 25.6 Å². The van der Waals surface area contributed by atoms with Crippen LogP contribution in [0.3, 0.4) is 0 Å². The molecule has 0 saturated carbocycles. The molecule has 0 aliphatic heterocycles. The molecule has 0 bridgehead atoms. The first-order chi connectivity index (χ1) is 10.6. The predicted octanol–water partition coefficient (Wildman–Crippen LogP) is 3.14. The van der Waals surface area contributed by atoms with Gasteiger partial charge in [-0.2, -0.15) is 0 Å². The van der Waals surface area contributed by atoms with E-state index in [-0.39, 0.29) is 26.6 Å². The molecule has 2 aromatic rings. The molecule has 22 heavy (non-hydrogen) atoms. The number of amides is 1. The number of benzene rings is 1. The van der Waals surface area contributed by atoms with Crippen LogP contribution in [0.4, 0.5) is 5.00 Å². The third-order valence-corrected chi connectivity index (χ3v) is 4.50. The maximum Gasteiger partial charge on any atom is 0.348 e. The topological polar surface area (TPSA) is 72.5 Å². The summed E-state index contributed by atoms with van der Waals surface area (Å²) in [6.07, 6.45) is 0. The molecule has 2 rings (SSSR count). The van der Waals surface area contributed by atoms with Crippen LogP contribution in [0.15, 0.2) is 36.4 Å². The summed E-state index contributed by atoms with van der Waals surface area (Å²) < 4.78 is 4.92. The zero-order valence-electron chi connectivity index (χ0n) is 11.6. The normalized spacial score (nSPS) is 10.1. The molecule has 1 N–H and O–H groups in total. The van der Waals surface area contributed by atoms with Gasteiger partial charge in [-0.3, -0.25) is 9.59 Å². The lowest BCUT2D eigenvalue weighted by Crippen LogP contribution is -2.13. The Morgan fingerprint density at radius 2 is 1.91 bits per heavy atom. The number of ether oxygens (including phenoxy) is 1. The molecule has 1 amide bonds. The Hall–Kier alpha value is -1.74. The summed E-state index contributed by atoms with van der Waals surface area (Å²) in [7, 11) is 1.27. The maximum absolute atomic E-state index is 12.6. The van der Waals surface area contributed by atoms with E-state index in [1.54, 1.807) is 24.3 Å². The number of ketones is 1. The van der Waals surface area contributed by atoms with Crippen LogP contribution < -0.4 is 5.32 Å². The van der Waals surface area contributed by atoms with E-state index < -0.39 is 5.97 Å². The number of carbonyl (C=O) groups is 3. The van der Waals surface area contributed by atoms with E-state index in [0.29, 0.717) is 10.6 Å². The minimum absolute atomic E-state index is 0.235. The highest BCUT2D eigenvalue weighted by molar-refractivity contribution is 14.1. The zero-order chi connectivity index (χ0) is 16.1. The van der Waals surface area contributed by atoms with E-state index in [1.165, 1.54) is 13.2 Å². The molecule has 0 fully saturated rings. The smallest absolute Gasteiger partial charge is 0.348 e. The fourth-order valence-corrected chi connectivity index (χ4v) is 2.94. The van der Waals surface area contributed by atoms with Crippen LogP contribution in [-0.4, -0.2) is 29.2 Å². The van der Waals surface area contributed by atoms with Gasteiger partial charge in [0.1, 0.15) is 9.88 Å². The van der Waals surface area contributed by atoms with Crippen LogP contribution in [0, 0.1) is 0 Å². The van der Waals surface area contributed by atoms with E-state index >= 15 is 0 Å². The number of hydrogen-bond donors (Lipinski definition) is 1. The largest absolute Gasteiger partial charge is 0.465 e. The average molecular weight is 429 g/mol. The highest BCUT2D eigenvalue weighted by Gasteiger charge is 2.22. The fraction of sp³-hybridized carbons (Fsp3) is 0.133. The van der Waals surface area contributed by atoms with Gasteiger partial charge in [0.15, 0.2) is 5.78 Å². The van der Waals surface area contributed by atoms with E-state index in [1.807, 2.05) is 28.7 Å². The number of methoxy groups -OCH3 is 1. The van der Waals surface area contributed by atoms with Crippen molar-refractivity contribution in [3.63, 3.8) is 0 Å². The van der Waals surface area contributed by atoms with E-state index in [4.69, 9.17) is 0 Å². The number of carbonyl (C=O) groups excluding carboxylic acids is 3. The highest BCUT2D eigenvalue weighted by atomic mass is 127. The van der Waals surface area contributed by atoms with Gasteiger partial charge in [0.05, 0.1) is 17.1 Å². The first-order valence-electron chi connectivity index (χ1n) is 6.24. The van der Waals surface area contributed by atoms with Crippen molar-refractivity contribution in [1.29, 1.82) is 0 Å². The quantitative estimate of drug-likeness (QED) is 0.343. The molecule has 114 valence electrons. The van der Waals surface area contributed by atoms with Gasteiger partial charge in [0.25, 0.3) is 0 Å². The summed E-state index contributed by atoms with van der Waals surface area (Å²) in [4.78, 5) is 36.1. The molecule has 0 aliphatic carbocycles. The second-order valence-electron chi connectivity index (χ2n) is 4.22. The molecule has 0 saturated heterocycles. The Balaban J connectivity index is 2.43. The standard InChI is InChI=1S/C15H12INO4S/c1-21-15(20)11-7-10(14(22-11)17-12(18)8-16)13(19)9-5-3-2-4-6-9/h2-7H,8H2,1H3,(H,17,18). The number of esters is 1. The van der Waals surface area contributed by atoms with Crippen LogP contribution in [0.2, 0.25) is 0 Å². The lowest BCUT2D eigenvalue weighted by atomic mass is 10.1. The van der Waals surface area contributed by atoms with Crippen molar-refractivity contribution < 1.29 is 19.1 Å². The van der Waals surface area contributed by atoms with Crippen molar-refractivity contribution in [3.05, 3.63) is 52.4 Å². The van der Waals surface area contributed by atoms with Gasteiger partial charge in [-0.1, -0.05) is 52.9 Å². The zero-order valence-corrected chi connectivity index (χ0v) is 14.6. The van der Waals surface area contributed by atoms with Crippen LogP contribution in [0.5, 0.6) is 0 Å². The Morgan fingerprint density at radius 3 is 2.50 bits per heavy atom. The Labute approximate surface area is 144 Å². The van der Waals surface area contributed by atoms with Crippen molar-refractivity contribution in [2.24, 2.45) is 0 Å². The van der Waals surface area contributed by atoms with Crippen molar-refractivity contribution in [2.45, 2.75) is 0 Å². The molecule has 1 aromatic carbocycles. The Morgan fingerprint density at radius 1 is 1.23 bits per heavy atom. The molecule has 1 aromatic heterocycles. The van der Waals surface area contributed by atoms with Crippen molar-refractivity contribution in [3.8, 4) is 0 Å².